The zero-order valence-corrected chi connectivity index (χ0v) is 12.2. The second-order valence-corrected chi connectivity index (χ2v) is 5.43. The quantitative estimate of drug-likeness (QED) is 0.775. The maximum absolute atomic E-state index is 5.56. The summed E-state index contributed by atoms with van der Waals surface area (Å²) in [4.78, 5) is 4.32. The Morgan fingerprint density at radius 1 is 1.37 bits per heavy atom. The van der Waals surface area contributed by atoms with Crippen LogP contribution in [0.25, 0.3) is 0 Å². The van der Waals surface area contributed by atoms with Crippen molar-refractivity contribution in [2.75, 3.05) is 13.2 Å². The molecular weight excluding hydrogens is 236 g/mol. The number of aromatic nitrogens is 1. The van der Waals surface area contributed by atoms with Crippen molar-refractivity contribution in [1.82, 2.24) is 10.3 Å². The van der Waals surface area contributed by atoms with Gasteiger partial charge >= 0.3 is 0 Å². The van der Waals surface area contributed by atoms with Crippen LogP contribution < -0.4 is 10.1 Å². The van der Waals surface area contributed by atoms with E-state index in [0.29, 0.717) is 12.6 Å². The highest BCUT2D eigenvalue weighted by Crippen LogP contribution is 2.35. The molecule has 3 nitrogen and oxygen atoms in total. The van der Waals surface area contributed by atoms with Crippen molar-refractivity contribution in [2.45, 2.75) is 52.0 Å². The lowest BCUT2D eigenvalue weighted by Gasteiger charge is -2.30. The number of hydrogen-bond acceptors (Lipinski definition) is 3. The SMILES string of the molecule is CCCNC(CC1CCC1)c1cncc(OCC)c1. The average molecular weight is 262 g/mol. The Hall–Kier alpha value is -1.09. The van der Waals surface area contributed by atoms with Gasteiger partial charge in [0.15, 0.2) is 0 Å². The van der Waals surface area contributed by atoms with Crippen LogP contribution in [0.5, 0.6) is 5.75 Å². The molecule has 1 aliphatic rings. The van der Waals surface area contributed by atoms with E-state index in [1.165, 1.54) is 37.7 Å². The van der Waals surface area contributed by atoms with Crippen LogP contribution in [0.15, 0.2) is 18.5 Å². The number of hydrogen-bond donors (Lipinski definition) is 1. The Kier molecular flexibility index (Phi) is 5.64. The van der Waals surface area contributed by atoms with Crippen molar-refractivity contribution in [3.8, 4) is 5.75 Å². The molecule has 1 aromatic rings. The summed E-state index contributed by atoms with van der Waals surface area (Å²) in [5, 5.41) is 3.66. The van der Waals surface area contributed by atoms with Crippen LogP contribution in [-0.4, -0.2) is 18.1 Å². The van der Waals surface area contributed by atoms with Crippen LogP contribution in [0.2, 0.25) is 0 Å². The summed E-state index contributed by atoms with van der Waals surface area (Å²) in [6, 6.07) is 2.57. The van der Waals surface area contributed by atoms with Gasteiger partial charge in [-0.25, -0.2) is 0 Å². The van der Waals surface area contributed by atoms with E-state index in [4.69, 9.17) is 4.74 Å². The monoisotopic (exact) mass is 262 g/mol. The van der Waals surface area contributed by atoms with Crippen molar-refractivity contribution >= 4 is 0 Å². The van der Waals surface area contributed by atoms with Crippen LogP contribution in [0.4, 0.5) is 0 Å². The molecule has 19 heavy (non-hydrogen) atoms. The standard InChI is InChI=1S/C16H26N2O/c1-3-8-18-16(9-13-6-5-7-13)14-10-15(19-4-2)12-17-11-14/h10-13,16,18H,3-9H2,1-2H3. The average Bonchev–Trinajstić information content (AvgIpc) is 2.37. The normalized spacial score (nSPS) is 16.9. The minimum atomic E-state index is 0.429. The van der Waals surface area contributed by atoms with Crippen LogP contribution in [0.1, 0.15) is 57.6 Å². The molecule has 0 bridgehead atoms. The van der Waals surface area contributed by atoms with Crippen molar-refractivity contribution in [3.63, 3.8) is 0 Å². The highest BCUT2D eigenvalue weighted by atomic mass is 16.5. The maximum atomic E-state index is 5.56. The Morgan fingerprint density at radius 2 is 2.21 bits per heavy atom. The summed E-state index contributed by atoms with van der Waals surface area (Å²) < 4.78 is 5.56. The maximum Gasteiger partial charge on any atom is 0.137 e. The van der Waals surface area contributed by atoms with Gasteiger partial charge in [0, 0.05) is 12.2 Å². The predicted molar refractivity (Wildman–Crippen MR) is 78.4 cm³/mol. The Morgan fingerprint density at radius 3 is 2.84 bits per heavy atom. The molecule has 1 aromatic heterocycles. The third-order valence-corrected chi connectivity index (χ3v) is 3.88. The van der Waals surface area contributed by atoms with Crippen LogP contribution >= 0.6 is 0 Å². The molecule has 1 heterocycles. The lowest BCUT2D eigenvalue weighted by molar-refractivity contribution is 0.260. The zero-order chi connectivity index (χ0) is 13.5. The summed E-state index contributed by atoms with van der Waals surface area (Å²) in [5.41, 5.74) is 1.27. The van der Waals surface area contributed by atoms with Crippen LogP contribution in [0.3, 0.4) is 0 Å². The first-order valence-corrected chi connectivity index (χ1v) is 7.64. The van der Waals surface area contributed by atoms with Crippen LogP contribution in [0, 0.1) is 5.92 Å². The third kappa shape index (κ3) is 4.20. The fraction of sp³-hybridized carbons (Fsp3) is 0.688. The van der Waals surface area contributed by atoms with Gasteiger partial charge in [-0.05, 0) is 43.9 Å². The number of ether oxygens (including phenoxy) is 1. The molecule has 2 rings (SSSR count). The number of rotatable bonds is 8. The number of pyridine rings is 1. The number of nitrogens with one attached hydrogen (secondary N) is 1. The summed E-state index contributed by atoms with van der Waals surface area (Å²) in [6.45, 7) is 5.98. The highest BCUT2D eigenvalue weighted by Gasteiger charge is 2.23. The van der Waals surface area contributed by atoms with Crippen molar-refractivity contribution in [2.24, 2.45) is 5.92 Å². The lowest BCUT2D eigenvalue weighted by atomic mass is 9.80. The van der Waals surface area contributed by atoms with Gasteiger partial charge in [0.05, 0.1) is 12.8 Å². The second kappa shape index (κ2) is 7.49. The summed E-state index contributed by atoms with van der Waals surface area (Å²) in [7, 11) is 0. The molecule has 1 saturated carbocycles. The highest BCUT2D eigenvalue weighted by molar-refractivity contribution is 5.26. The van der Waals surface area contributed by atoms with Gasteiger partial charge in [-0.15, -0.1) is 0 Å². The fourth-order valence-corrected chi connectivity index (χ4v) is 2.59. The first kappa shape index (κ1) is 14.3. The van der Waals surface area contributed by atoms with E-state index in [0.717, 1.165) is 18.2 Å². The van der Waals surface area contributed by atoms with E-state index in [1.807, 2.05) is 13.1 Å². The minimum absolute atomic E-state index is 0.429. The molecule has 1 N–H and O–H groups in total. The number of nitrogens with zero attached hydrogens (tertiary/aromatic N) is 1. The molecule has 1 unspecified atom stereocenters. The smallest absolute Gasteiger partial charge is 0.137 e. The molecule has 0 saturated heterocycles. The van der Waals surface area contributed by atoms with Gasteiger partial charge in [-0.1, -0.05) is 26.2 Å². The molecule has 106 valence electrons. The third-order valence-electron chi connectivity index (χ3n) is 3.88. The van der Waals surface area contributed by atoms with Crippen molar-refractivity contribution < 1.29 is 4.74 Å². The molecule has 1 aliphatic carbocycles. The van der Waals surface area contributed by atoms with Gasteiger partial charge in [0.1, 0.15) is 5.75 Å². The minimum Gasteiger partial charge on any atom is -0.492 e. The van der Waals surface area contributed by atoms with Gasteiger partial charge in [0.25, 0.3) is 0 Å². The molecule has 0 radical (unpaired) electrons. The summed E-state index contributed by atoms with van der Waals surface area (Å²) in [5.74, 6) is 1.78. The zero-order valence-electron chi connectivity index (χ0n) is 12.2. The van der Waals surface area contributed by atoms with E-state index >= 15 is 0 Å². The fourth-order valence-electron chi connectivity index (χ4n) is 2.59. The van der Waals surface area contributed by atoms with Crippen molar-refractivity contribution in [1.29, 1.82) is 0 Å². The van der Waals surface area contributed by atoms with E-state index in [9.17, 15) is 0 Å². The Balaban J connectivity index is 2.03. The molecule has 0 aromatic carbocycles. The Labute approximate surface area is 116 Å². The van der Waals surface area contributed by atoms with Gasteiger partial charge < -0.3 is 10.1 Å². The topological polar surface area (TPSA) is 34.2 Å². The van der Waals surface area contributed by atoms with Gasteiger partial charge in [-0.2, -0.15) is 0 Å². The van der Waals surface area contributed by atoms with E-state index in [-0.39, 0.29) is 0 Å². The first-order chi connectivity index (χ1) is 9.33. The molecular formula is C16H26N2O. The summed E-state index contributed by atoms with van der Waals surface area (Å²) in [6.07, 6.45) is 10.4. The molecule has 1 atom stereocenters. The first-order valence-electron chi connectivity index (χ1n) is 7.64. The molecule has 0 spiro atoms. The van der Waals surface area contributed by atoms with Gasteiger partial charge in [0.2, 0.25) is 0 Å². The molecule has 0 aliphatic heterocycles. The van der Waals surface area contributed by atoms with E-state index < -0.39 is 0 Å². The summed E-state index contributed by atoms with van der Waals surface area (Å²) >= 11 is 0. The van der Waals surface area contributed by atoms with Gasteiger partial charge in [-0.3, -0.25) is 4.98 Å². The molecule has 1 fully saturated rings. The lowest BCUT2D eigenvalue weighted by Crippen LogP contribution is -2.26. The molecule has 0 amide bonds. The largest absolute Gasteiger partial charge is 0.492 e. The van der Waals surface area contributed by atoms with E-state index in [2.05, 4.69) is 23.3 Å². The van der Waals surface area contributed by atoms with E-state index in [1.54, 1.807) is 6.20 Å². The Bertz CT molecular complexity index is 377. The molecule has 3 heteroatoms. The van der Waals surface area contributed by atoms with Crippen molar-refractivity contribution in [3.05, 3.63) is 24.0 Å². The van der Waals surface area contributed by atoms with Crippen LogP contribution in [-0.2, 0) is 0 Å². The second-order valence-electron chi connectivity index (χ2n) is 5.43. The predicted octanol–water partition coefficient (Wildman–Crippen LogP) is 3.71.